The molecule has 4 heteroatoms. The van der Waals surface area contributed by atoms with E-state index in [0.29, 0.717) is 0 Å². The van der Waals surface area contributed by atoms with Crippen LogP contribution in [0.3, 0.4) is 0 Å². The lowest BCUT2D eigenvalue weighted by atomic mass is 9.82. The Kier molecular flexibility index (Phi) is 18.3. The summed E-state index contributed by atoms with van der Waals surface area (Å²) in [5.41, 5.74) is 33.7. The Morgan fingerprint density at radius 3 is 0.735 bits per heavy atom. The molecule has 0 saturated carbocycles. The molecule has 0 fully saturated rings. The second-order valence-electron chi connectivity index (χ2n) is 35.9. The van der Waals surface area contributed by atoms with Crippen LogP contribution in [0.4, 0.5) is 0 Å². The fourth-order valence-electron chi connectivity index (χ4n) is 22.8. The van der Waals surface area contributed by atoms with Gasteiger partial charge in [-0.1, -0.05) is 388 Å². The van der Waals surface area contributed by atoms with Crippen LogP contribution in [-0.2, 0) is 0 Å². The second-order valence-corrected chi connectivity index (χ2v) is 35.9. The van der Waals surface area contributed by atoms with Gasteiger partial charge in [0, 0.05) is 65.8 Å². The van der Waals surface area contributed by atoms with Gasteiger partial charge in [-0.3, -0.25) is 0 Å². The van der Waals surface area contributed by atoms with E-state index in [2.05, 4.69) is 528 Å². The Morgan fingerprint density at radius 2 is 0.368 bits per heavy atom. The van der Waals surface area contributed by atoms with E-state index in [-0.39, 0.29) is 0 Å². The summed E-state index contributed by atoms with van der Waals surface area (Å²) in [7, 11) is 0. The molecule has 0 unspecified atom stereocenters. The number of aromatic nitrogens is 4. The minimum atomic E-state index is 1.15. The van der Waals surface area contributed by atoms with E-state index in [4.69, 9.17) is 0 Å². The zero-order valence-electron chi connectivity index (χ0n) is 74.3. The van der Waals surface area contributed by atoms with Crippen molar-refractivity contribution in [3.05, 3.63) is 510 Å². The van der Waals surface area contributed by atoms with Crippen molar-refractivity contribution in [2.75, 3.05) is 0 Å². The van der Waals surface area contributed by atoms with Crippen LogP contribution in [0.5, 0.6) is 0 Å². The van der Waals surface area contributed by atoms with Gasteiger partial charge in [-0.25, -0.2) is 0 Å². The van der Waals surface area contributed by atoms with Gasteiger partial charge in [-0.15, -0.1) is 0 Å². The highest BCUT2D eigenvalue weighted by Crippen LogP contribution is 2.54. The molecule has 24 aromatic carbocycles. The normalized spacial score (nSPS) is 11.8. The standard InChI is InChI=1S/2C66H42N2/c1-4-20-43(21-5-1)48-41-40-44-22-10-11-27-47(44)65(48)66-53-32-16-30-49(51-34-18-38-61-63(51)55-28-12-14-36-59(55)67(61)45-23-6-2-7-24-45)57(53)42-58-50(31-17-33-54(58)66)52-35-19-39-62-64(52)56-29-13-15-37-60(56)68(62)46-25-8-3-9-26-46;1-4-18-43(19-5-1)52-37-34-44-20-10-11-25-51(44)65(52)66-55-30-16-28-49(45-35-38-63-59(40-45)53-26-12-14-32-61(53)67(63)47-21-6-2-7-22-47)57(55)42-58-50(29-17-31-56(58)66)46-36-39-64-60(41-46)54-27-13-15-33-62(54)68(64)48-23-8-3-9-24-48/h2*1-42H. The van der Waals surface area contributed by atoms with E-state index in [1.807, 2.05) is 0 Å². The minimum absolute atomic E-state index is 1.15. The zero-order chi connectivity index (χ0) is 89.4. The highest BCUT2D eigenvalue weighted by molar-refractivity contribution is 6.29. The maximum Gasteiger partial charge on any atom is 0.0547 e. The summed E-state index contributed by atoms with van der Waals surface area (Å²) in [6.07, 6.45) is 0. The molecular formula is C132H84N4. The number of nitrogens with zero attached hydrogens (tertiary/aromatic N) is 4. The SMILES string of the molecule is c1ccc(-c2ccc3ccccc3c2-c2c3cccc(-c4ccc5c(c4)c4ccccc4n5-c4ccccc4)c3cc3c(-c4ccc5c(c4)c4ccccc4n5-c4ccccc4)cccc23)cc1.c1ccc(-c2ccc3ccccc3c2-c2c3cccc(-c4cccc5c4c4ccccc4n5-c4ccccc4)c3cc3c(-c4cccc5c4c4ccccc4n5-c4ccccc4)cccc23)cc1. The third-order valence-electron chi connectivity index (χ3n) is 28.6. The van der Waals surface area contributed by atoms with Crippen LogP contribution in [0.1, 0.15) is 0 Å². The number of fused-ring (bicyclic) bond motifs is 18. The molecule has 0 N–H and O–H groups in total. The summed E-state index contributed by atoms with van der Waals surface area (Å²) in [5.74, 6) is 0. The quantitative estimate of drug-likeness (QED) is 0.109. The Balaban J connectivity index is 0.000000138. The average molecular weight is 1730 g/mol. The number of hydrogen-bond acceptors (Lipinski definition) is 0. The van der Waals surface area contributed by atoms with Gasteiger partial charge in [0.2, 0.25) is 0 Å². The van der Waals surface area contributed by atoms with Crippen LogP contribution in [0.2, 0.25) is 0 Å². The third-order valence-corrected chi connectivity index (χ3v) is 28.6. The van der Waals surface area contributed by atoms with Crippen LogP contribution < -0.4 is 0 Å². The first-order valence-corrected chi connectivity index (χ1v) is 47.0. The molecule has 4 aromatic heterocycles. The molecule has 4 nitrogen and oxygen atoms in total. The second kappa shape index (κ2) is 32.0. The van der Waals surface area contributed by atoms with Crippen LogP contribution in [0.15, 0.2) is 510 Å². The lowest BCUT2D eigenvalue weighted by Crippen LogP contribution is -1.95. The van der Waals surface area contributed by atoms with Crippen molar-refractivity contribution in [1.82, 2.24) is 18.3 Å². The van der Waals surface area contributed by atoms with Crippen molar-refractivity contribution in [2.45, 2.75) is 0 Å². The summed E-state index contributed by atoms with van der Waals surface area (Å²) in [4.78, 5) is 0. The van der Waals surface area contributed by atoms with Gasteiger partial charge in [0.05, 0.1) is 44.1 Å². The summed E-state index contributed by atoms with van der Waals surface area (Å²) >= 11 is 0. The molecule has 0 bridgehead atoms. The molecule has 4 heterocycles. The summed E-state index contributed by atoms with van der Waals surface area (Å²) < 4.78 is 9.64. The molecule has 0 spiro atoms. The molecule has 28 aromatic rings. The van der Waals surface area contributed by atoms with Crippen molar-refractivity contribution in [3.63, 3.8) is 0 Å². The predicted octanol–water partition coefficient (Wildman–Crippen LogP) is 36.0. The Hall–Kier alpha value is -18.0. The minimum Gasteiger partial charge on any atom is -0.309 e. The summed E-state index contributed by atoms with van der Waals surface area (Å²) in [6, 6.07) is 188. The maximum absolute atomic E-state index is 2.51. The van der Waals surface area contributed by atoms with E-state index in [0.717, 1.165) is 22.7 Å². The molecule has 136 heavy (non-hydrogen) atoms. The van der Waals surface area contributed by atoms with Gasteiger partial charge in [0.15, 0.2) is 0 Å². The van der Waals surface area contributed by atoms with Crippen molar-refractivity contribution >= 4 is 152 Å². The molecule has 0 saturated heterocycles. The molecule has 0 radical (unpaired) electrons. The first-order valence-electron chi connectivity index (χ1n) is 47.0. The van der Waals surface area contributed by atoms with E-state index >= 15 is 0 Å². The zero-order valence-corrected chi connectivity index (χ0v) is 74.3. The predicted molar refractivity (Wildman–Crippen MR) is 579 cm³/mol. The Labute approximate surface area is 785 Å². The van der Waals surface area contributed by atoms with E-state index in [1.165, 1.54) is 241 Å². The first-order chi connectivity index (χ1) is 67.6. The molecule has 0 aliphatic heterocycles. The highest BCUT2D eigenvalue weighted by atomic mass is 15.0. The van der Waals surface area contributed by atoms with Crippen molar-refractivity contribution in [1.29, 1.82) is 0 Å². The fraction of sp³-hybridized carbons (Fsp3) is 0. The highest BCUT2D eigenvalue weighted by Gasteiger charge is 2.28. The molecule has 0 amide bonds. The topological polar surface area (TPSA) is 19.7 Å². The van der Waals surface area contributed by atoms with Crippen molar-refractivity contribution < 1.29 is 0 Å². The number of hydrogen-bond donors (Lipinski definition) is 0. The van der Waals surface area contributed by atoms with Gasteiger partial charge in [0.1, 0.15) is 0 Å². The molecule has 632 valence electrons. The smallest absolute Gasteiger partial charge is 0.0547 e. The summed E-state index contributed by atoms with van der Waals surface area (Å²) in [5, 5.41) is 24.7. The number of benzene rings is 24. The largest absolute Gasteiger partial charge is 0.309 e. The lowest BCUT2D eigenvalue weighted by molar-refractivity contribution is 1.18. The molecule has 0 aliphatic carbocycles. The number of rotatable bonds is 12. The Morgan fingerprint density at radius 1 is 0.110 bits per heavy atom. The maximum atomic E-state index is 2.51. The molecule has 0 aliphatic rings. The van der Waals surface area contributed by atoms with Gasteiger partial charge in [-0.2, -0.15) is 0 Å². The number of para-hydroxylation sites is 8. The average Bonchev–Trinajstić information content (AvgIpc) is 1.40. The third kappa shape index (κ3) is 12.4. The van der Waals surface area contributed by atoms with E-state index < -0.39 is 0 Å². The fourth-order valence-corrected chi connectivity index (χ4v) is 22.8. The van der Waals surface area contributed by atoms with Crippen LogP contribution in [0.25, 0.3) is 264 Å². The lowest BCUT2D eigenvalue weighted by Gasteiger charge is -2.21. The van der Waals surface area contributed by atoms with Crippen molar-refractivity contribution in [2.24, 2.45) is 0 Å². The summed E-state index contributed by atoms with van der Waals surface area (Å²) in [6.45, 7) is 0. The van der Waals surface area contributed by atoms with Gasteiger partial charge in [-0.05, 0) is 275 Å². The molecule has 0 atom stereocenters. The van der Waals surface area contributed by atoms with Crippen LogP contribution in [-0.4, -0.2) is 18.3 Å². The van der Waals surface area contributed by atoms with E-state index in [1.54, 1.807) is 0 Å². The molecule has 28 rings (SSSR count). The van der Waals surface area contributed by atoms with Crippen LogP contribution in [0, 0.1) is 0 Å². The Bertz CT molecular complexity index is 9270. The van der Waals surface area contributed by atoms with Crippen LogP contribution >= 0.6 is 0 Å². The monoisotopic (exact) mass is 1720 g/mol. The van der Waals surface area contributed by atoms with Gasteiger partial charge in [0.25, 0.3) is 0 Å². The van der Waals surface area contributed by atoms with Gasteiger partial charge < -0.3 is 18.3 Å². The first kappa shape index (κ1) is 77.9. The van der Waals surface area contributed by atoms with Crippen molar-refractivity contribution in [3.8, 4) is 112 Å². The molecular weight excluding hydrogens is 1640 g/mol. The van der Waals surface area contributed by atoms with E-state index in [9.17, 15) is 0 Å². The van der Waals surface area contributed by atoms with Gasteiger partial charge >= 0.3 is 0 Å².